The molecule has 5 nitrogen and oxygen atoms in total. The van der Waals surface area contributed by atoms with Gasteiger partial charge in [-0.15, -0.1) is 0 Å². The van der Waals surface area contributed by atoms with Gasteiger partial charge >= 0.3 is 18.0 Å². The van der Waals surface area contributed by atoms with Gasteiger partial charge in [0, 0.05) is 0 Å². The highest BCUT2D eigenvalue weighted by Gasteiger charge is 2.37. The molecule has 2 aliphatic carbocycles. The molecule has 94 valence electrons. The van der Waals surface area contributed by atoms with Gasteiger partial charge in [0.2, 0.25) is 0 Å². The average molecular weight is 257 g/mol. The first kappa shape index (κ1) is 12.1. The van der Waals surface area contributed by atoms with Crippen LogP contribution in [0.4, 0.5) is 13.2 Å². The topological polar surface area (TPSA) is 82.0 Å². The molecule has 0 bridgehead atoms. The van der Waals surface area contributed by atoms with E-state index < -0.39 is 23.8 Å². The highest BCUT2D eigenvalue weighted by Crippen LogP contribution is 2.32. The maximum Gasteiger partial charge on any atom is 0.455 e. The molecule has 0 fully saturated rings. The maximum absolute atomic E-state index is 11.7. The summed E-state index contributed by atoms with van der Waals surface area (Å²) in [5.41, 5.74) is 7.42. The smallest absolute Gasteiger partial charge is 0.361 e. The number of aromatic nitrogens is 2. The van der Waals surface area contributed by atoms with E-state index in [4.69, 9.17) is 0 Å². The molecule has 0 atom stereocenters. The van der Waals surface area contributed by atoms with Crippen LogP contribution in [0, 0.1) is 0 Å². The van der Waals surface area contributed by atoms with Gasteiger partial charge in [-0.2, -0.15) is 18.2 Å². The van der Waals surface area contributed by atoms with Gasteiger partial charge in [-0.05, 0) is 17.2 Å². The molecule has 1 aromatic heterocycles. The Bertz CT molecular complexity index is 575. The molecule has 0 radical (unpaired) electrons. The fourth-order valence-corrected chi connectivity index (χ4v) is 1.11. The molecule has 3 rings (SSSR count). The van der Waals surface area contributed by atoms with E-state index in [1.165, 1.54) is 11.1 Å². The van der Waals surface area contributed by atoms with Crippen molar-refractivity contribution in [3.05, 3.63) is 36.0 Å². The molecular weight excluding hydrogens is 251 g/mol. The van der Waals surface area contributed by atoms with Gasteiger partial charge in [0.1, 0.15) is 0 Å². The number of carbonyl (C=O) groups is 1. The second kappa shape index (κ2) is 4.13. The highest BCUT2D eigenvalue weighted by molar-refractivity contribution is 5.87. The predicted octanol–water partition coefficient (Wildman–Crippen LogP) is 1.85. The highest BCUT2D eigenvalue weighted by atomic mass is 19.4. The van der Waals surface area contributed by atoms with Gasteiger partial charge in [0.15, 0.2) is 0 Å². The Hall–Kier alpha value is -2.38. The van der Waals surface area contributed by atoms with Gasteiger partial charge in [-0.25, -0.2) is 0 Å². The Morgan fingerprint density at radius 3 is 2.11 bits per heavy atom. The van der Waals surface area contributed by atoms with Crippen molar-refractivity contribution in [2.24, 2.45) is 5.73 Å². The number of hydrogen-bond acceptors (Lipinski definition) is 4. The number of rotatable bonds is 1. The molecular formula is C10H6F3N3O2. The lowest BCUT2D eigenvalue weighted by molar-refractivity contribution is -0.146. The van der Waals surface area contributed by atoms with Crippen molar-refractivity contribution in [2.75, 3.05) is 0 Å². The minimum absolute atomic E-state index is 0.859. The number of benzene rings is 1. The van der Waals surface area contributed by atoms with Gasteiger partial charge < -0.3 is 10.3 Å². The van der Waals surface area contributed by atoms with Gasteiger partial charge in [-0.1, -0.05) is 23.4 Å². The molecule has 1 heterocycles. The third kappa shape index (κ3) is 2.65. The number of fused-ring (bicyclic) bond motifs is 1. The van der Waals surface area contributed by atoms with Gasteiger partial charge in [0.05, 0.1) is 0 Å². The SMILES string of the molecule is NC(=O)c1nc(C(F)(F)F)no1.c1cc2cc-2c1. The van der Waals surface area contributed by atoms with Crippen molar-refractivity contribution in [3.8, 4) is 11.1 Å². The van der Waals surface area contributed by atoms with Crippen molar-refractivity contribution in [3.63, 3.8) is 0 Å². The van der Waals surface area contributed by atoms with Crippen LogP contribution in [-0.2, 0) is 6.18 Å². The summed E-state index contributed by atoms with van der Waals surface area (Å²) < 4.78 is 39.1. The fraction of sp³-hybridized carbons (Fsp3) is 0.100. The van der Waals surface area contributed by atoms with Crippen LogP contribution in [0.15, 0.2) is 28.8 Å². The van der Waals surface area contributed by atoms with Crippen LogP contribution in [0.5, 0.6) is 0 Å². The molecule has 1 aromatic rings. The Morgan fingerprint density at radius 2 is 1.89 bits per heavy atom. The molecule has 0 aromatic carbocycles. The first-order valence-electron chi connectivity index (χ1n) is 4.69. The molecule has 0 saturated carbocycles. The molecule has 2 N–H and O–H groups in total. The van der Waals surface area contributed by atoms with Gasteiger partial charge in [-0.3, -0.25) is 4.79 Å². The number of nitrogens with zero attached hydrogens (tertiary/aromatic N) is 2. The fourth-order valence-electron chi connectivity index (χ4n) is 1.11. The van der Waals surface area contributed by atoms with Crippen molar-refractivity contribution >= 4 is 5.91 Å². The van der Waals surface area contributed by atoms with E-state index in [-0.39, 0.29) is 0 Å². The average Bonchev–Trinajstić information content (AvgIpc) is 2.74. The van der Waals surface area contributed by atoms with Gasteiger partial charge in [0.25, 0.3) is 5.82 Å². The molecule has 8 heteroatoms. The second-order valence-electron chi connectivity index (χ2n) is 3.37. The Labute approximate surface area is 98.4 Å². The summed E-state index contributed by atoms with van der Waals surface area (Å²) in [4.78, 5) is 12.9. The third-order valence-electron chi connectivity index (χ3n) is 2.00. The summed E-state index contributed by atoms with van der Waals surface area (Å²) in [6, 6.07) is 8.48. The van der Waals surface area contributed by atoms with Crippen LogP contribution < -0.4 is 5.73 Å². The van der Waals surface area contributed by atoms with Crippen molar-refractivity contribution < 1.29 is 22.5 Å². The Balaban J connectivity index is 0.000000164. The number of amides is 1. The summed E-state index contributed by atoms with van der Waals surface area (Å²) in [6.07, 6.45) is -4.73. The summed E-state index contributed by atoms with van der Waals surface area (Å²) in [6.45, 7) is 0. The quantitative estimate of drug-likeness (QED) is 0.721. The minimum atomic E-state index is -4.73. The molecule has 1 amide bonds. The van der Waals surface area contributed by atoms with Crippen LogP contribution in [-0.4, -0.2) is 16.0 Å². The molecule has 0 unspecified atom stereocenters. The number of hydrogen-bond donors (Lipinski definition) is 1. The lowest BCUT2D eigenvalue weighted by Crippen LogP contribution is -2.13. The Morgan fingerprint density at radius 1 is 1.28 bits per heavy atom. The van der Waals surface area contributed by atoms with E-state index in [9.17, 15) is 18.0 Å². The van der Waals surface area contributed by atoms with Crippen LogP contribution >= 0.6 is 0 Å². The standard InChI is InChI=1S/C6H4.C4H2F3N3O2/c1-2-5-4-6(5)3-1;5-4(6,7)3-9-2(1(8)11)12-10-3/h1-4H;(H2,8,11). The number of primary amides is 1. The molecule has 2 aliphatic rings. The zero-order valence-electron chi connectivity index (χ0n) is 8.73. The zero-order chi connectivity index (χ0) is 13.3. The first-order chi connectivity index (χ1) is 8.38. The van der Waals surface area contributed by atoms with E-state index >= 15 is 0 Å². The second-order valence-corrected chi connectivity index (χ2v) is 3.37. The third-order valence-corrected chi connectivity index (χ3v) is 2.00. The summed E-state index contributed by atoms with van der Waals surface area (Å²) in [5.74, 6) is -3.57. The van der Waals surface area contributed by atoms with Crippen molar-refractivity contribution in [2.45, 2.75) is 6.18 Å². The van der Waals surface area contributed by atoms with E-state index in [1.807, 2.05) is 0 Å². The molecule has 0 aliphatic heterocycles. The number of carbonyl (C=O) groups excluding carboxylic acids is 1. The maximum atomic E-state index is 11.7. The number of halogens is 3. The lowest BCUT2D eigenvalue weighted by Gasteiger charge is -1.95. The largest absolute Gasteiger partial charge is 0.455 e. The Kier molecular flexibility index (Phi) is 2.77. The van der Waals surface area contributed by atoms with Crippen LogP contribution in [0.1, 0.15) is 16.5 Å². The molecule has 0 saturated heterocycles. The summed E-state index contributed by atoms with van der Waals surface area (Å²) >= 11 is 0. The monoisotopic (exact) mass is 257 g/mol. The lowest BCUT2D eigenvalue weighted by atomic mass is 10.6. The number of alkyl halides is 3. The van der Waals surface area contributed by atoms with E-state index in [0.717, 1.165) is 0 Å². The van der Waals surface area contributed by atoms with Crippen molar-refractivity contribution in [1.29, 1.82) is 0 Å². The first-order valence-corrected chi connectivity index (χ1v) is 4.69. The van der Waals surface area contributed by atoms with Crippen LogP contribution in [0.2, 0.25) is 0 Å². The number of nitrogens with two attached hydrogens (primary N) is 1. The van der Waals surface area contributed by atoms with E-state index in [1.54, 1.807) is 0 Å². The van der Waals surface area contributed by atoms with E-state index in [0.29, 0.717) is 0 Å². The normalized spacial score (nSPS) is 11.5. The summed E-state index contributed by atoms with van der Waals surface area (Å²) in [7, 11) is 0. The van der Waals surface area contributed by atoms with Crippen LogP contribution in [0.25, 0.3) is 11.1 Å². The van der Waals surface area contributed by atoms with Crippen LogP contribution in [0.3, 0.4) is 0 Å². The minimum Gasteiger partial charge on any atom is -0.361 e. The van der Waals surface area contributed by atoms with E-state index in [2.05, 4.69) is 44.7 Å². The van der Waals surface area contributed by atoms with Crippen molar-refractivity contribution in [1.82, 2.24) is 10.1 Å². The zero-order valence-corrected chi connectivity index (χ0v) is 8.73. The summed E-state index contributed by atoms with van der Waals surface area (Å²) in [5, 5.41) is 2.50. The predicted molar refractivity (Wildman–Crippen MR) is 53.3 cm³/mol. The molecule has 0 spiro atoms. The molecule has 18 heavy (non-hydrogen) atoms.